The summed E-state index contributed by atoms with van der Waals surface area (Å²) in [6, 6.07) is 1.18. The van der Waals surface area contributed by atoms with Gasteiger partial charge in [0.2, 0.25) is 0 Å². The Bertz CT molecular complexity index is 587. The quantitative estimate of drug-likeness (QED) is 0.0391. The summed E-state index contributed by atoms with van der Waals surface area (Å²) < 4.78 is 13.7. The molecule has 0 saturated carbocycles. The minimum atomic E-state index is -0.988. The van der Waals surface area contributed by atoms with Gasteiger partial charge >= 0.3 is 17.9 Å². The molecule has 0 bridgehead atoms. The summed E-state index contributed by atoms with van der Waals surface area (Å²) in [5.74, 6) is -2.96. The van der Waals surface area contributed by atoms with E-state index in [0.717, 1.165) is 37.0 Å². The summed E-state index contributed by atoms with van der Waals surface area (Å²) in [4.78, 5) is 29.1. The molecule has 0 aliphatic heterocycles. The van der Waals surface area contributed by atoms with Crippen LogP contribution in [0, 0.1) is 0 Å². The number of carbonyl (C=O) groups is 3. The molecule has 3 radical (unpaired) electrons. The molecular weight excluding hydrogens is 568 g/mol. The minimum absolute atomic E-state index is 0.504. The number of carboxylic acid groups (broad SMARTS) is 3. The van der Waals surface area contributed by atoms with Crippen LogP contribution in [0.4, 0.5) is 0 Å². The van der Waals surface area contributed by atoms with Crippen molar-refractivity contribution in [3.05, 3.63) is 37.0 Å². The fourth-order valence-corrected chi connectivity index (χ4v) is 3.53. The normalized spacial score (nSPS) is 10.3. The van der Waals surface area contributed by atoms with E-state index in [0.29, 0.717) is 19.8 Å². The Kier molecular flexibility index (Phi) is 50.7. The maximum absolute atomic E-state index is 9.71. The Morgan fingerprint density at radius 2 is 0.698 bits per heavy atom. The summed E-state index contributed by atoms with van der Waals surface area (Å²) in [6.07, 6.45) is 29.6. The number of hydrogen-bond donors (Lipinski definition) is 3. The Labute approximate surface area is 265 Å². The van der Waals surface area contributed by atoms with E-state index >= 15 is 0 Å². The molecule has 9 nitrogen and oxygen atoms in total. The molecule has 0 saturated heterocycles. The number of ether oxygens (including phenoxy) is 3. The molecule has 0 heterocycles. The van der Waals surface area contributed by atoms with Gasteiger partial charge in [-0.25, -0.2) is 14.4 Å². The highest BCUT2D eigenvalue weighted by atomic mass is 28.1. The second-order valence-corrected chi connectivity index (χ2v) is 9.84. The van der Waals surface area contributed by atoms with Gasteiger partial charge in [0, 0.05) is 10.2 Å². The molecule has 0 aliphatic rings. The molecular formula is C33H61O9Si. The Morgan fingerprint density at radius 1 is 0.465 bits per heavy atom. The predicted octanol–water partition coefficient (Wildman–Crippen LogP) is 8.70. The highest BCUT2D eigenvalue weighted by molar-refractivity contribution is 6.08. The molecule has 0 unspecified atom stereocenters. The van der Waals surface area contributed by atoms with Gasteiger partial charge in [-0.3, -0.25) is 0 Å². The molecule has 43 heavy (non-hydrogen) atoms. The maximum atomic E-state index is 9.71. The number of aliphatic carboxylic acids is 3. The van der Waals surface area contributed by atoms with E-state index in [4.69, 9.17) is 15.3 Å². The van der Waals surface area contributed by atoms with Gasteiger partial charge < -0.3 is 29.5 Å². The SMILES string of the molecule is CCCCCCCCCCCCCCCCCC[Si].CCOC=CC(=O)O.CCOC=CC(=O)O.CCOC=CC(=O)O. The van der Waals surface area contributed by atoms with E-state index in [9.17, 15) is 14.4 Å². The van der Waals surface area contributed by atoms with Crippen molar-refractivity contribution in [3.8, 4) is 0 Å². The Balaban J connectivity index is -0.000000263. The average molecular weight is 630 g/mol. The second kappa shape index (κ2) is 46.2. The third-order valence-electron chi connectivity index (χ3n) is 5.45. The van der Waals surface area contributed by atoms with E-state index < -0.39 is 17.9 Å². The largest absolute Gasteiger partial charge is 0.501 e. The summed E-state index contributed by atoms with van der Waals surface area (Å²) in [7, 11) is 3.53. The van der Waals surface area contributed by atoms with Crippen LogP contribution in [-0.4, -0.2) is 63.3 Å². The number of rotatable bonds is 25. The van der Waals surface area contributed by atoms with Gasteiger partial charge in [0.25, 0.3) is 0 Å². The van der Waals surface area contributed by atoms with Crippen LogP contribution in [0.2, 0.25) is 6.04 Å². The van der Waals surface area contributed by atoms with E-state index in [1.54, 1.807) is 20.8 Å². The summed E-state index contributed by atoms with van der Waals surface area (Å²) in [5.41, 5.74) is 0. The van der Waals surface area contributed by atoms with Crippen molar-refractivity contribution in [1.82, 2.24) is 0 Å². The predicted molar refractivity (Wildman–Crippen MR) is 175 cm³/mol. The third kappa shape index (κ3) is 68.2. The van der Waals surface area contributed by atoms with Gasteiger partial charge in [-0.05, 0) is 20.8 Å². The molecule has 0 aromatic rings. The lowest BCUT2D eigenvalue weighted by molar-refractivity contribution is -0.132. The number of carboxylic acids is 3. The average Bonchev–Trinajstić information content (AvgIpc) is 2.96. The molecule has 3 N–H and O–H groups in total. The zero-order valence-electron chi connectivity index (χ0n) is 27.4. The van der Waals surface area contributed by atoms with Crippen LogP contribution < -0.4 is 0 Å². The van der Waals surface area contributed by atoms with Crippen LogP contribution in [0.15, 0.2) is 37.0 Å². The summed E-state index contributed by atoms with van der Waals surface area (Å²) in [6.45, 7) is 9.16. The topological polar surface area (TPSA) is 140 Å². The van der Waals surface area contributed by atoms with E-state index in [1.807, 2.05) is 0 Å². The van der Waals surface area contributed by atoms with Crippen molar-refractivity contribution < 1.29 is 43.9 Å². The fourth-order valence-electron chi connectivity index (χ4n) is 3.28. The highest BCUT2D eigenvalue weighted by Crippen LogP contribution is 2.13. The van der Waals surface area contributed by atoms with Gasteiger partial charge in [-0.15, -0.1) is 0 Å². The molecule has 0 rings (SSSR count). The van der Waals surface area contributed by atoms with E-state index in [2.05, 4.69) is 31.4 Å². The van der Waals surface area contributed by atoms with Crippen molar-refractivity contribution in [2.75, 3.05) is 19.8 Å². The fraction of sp³-hybridized carbons (Fsp3) is 0.727. The lowest BCUT2D eigenvalue weighted by atomic mass is 10.0. The van der Waals surface area contributed by atoms with Crippen LogP contribution in [-0.2, 0) is 28.6 Å². The molecule has 0 aliphatic carbocycles. The Morgan fingerprint density at radius 3 is 0.884 bits per heavy atom. The lowest BCUT2D eigenvalue weighted by Gasteiger charge is -2.03. The molecule has 0 atom stereocenters. The van der Waals surface area contributed by atoms with Gasteiger partial charge in [-0.1, -0.05) is 116 Å². The third-order valence-corrected chi connectivity index (χ3v) is 5.80. The Hall–Kier alpha value is -2.75. The molecule has 0 fully saturated rings. The van der Waals surface area contributed by atoms with Crippen LogP contribution in [0.3, 0.4) is 0 Å². The van der Waals surface area contributed by atoms with Crippen LogP contribution >= 0.6 is 0 Å². The molecule has 251 valence electrons. The van der Waals surface area contributed by atoms with Crippen molar-refractivity contribution in [2.45, 2.75) is 136 Å². The first-order valence-corrected chi connectivity index (χ1v) is 16.6. The molecule has 0 amide bonds. The standard InChI is InChI=1S/C18H37Si.3C5H8O3/c1-2-3-4-5-6-7-8-9-10-11-12-13-14-15-16-17-18-19;3*1-2-8-4-3-5(6)7/h2-18H2,1H3;3*3-4H,2H2,1H3,(H,6,7). The van der Waals surface area contributed by atoms with Crippen molar-refractivity contribution in [3.63, 3.8) is 0 Å². The smallest absolute Gasteiger partial charge is 0.331 e. The van der Waals surface area contributed by atoms with E-state index in [-0.39, 0.29) is 0 Å². The maximum Gasteiger partial charge on any atom is 0.331 e. The first-order valence-electron chi connectivity index (χ1n) is 15.9. The first-order chi connectivity index (χ1) is 20.7. The van der Waals surface area contributed by atoms with Gasteiger partial charge in [0.05, 0.1) is 56.8 Å². The first kappa shape index (κ1) is 47.2. The molecule has 0 spiro atoms. The molecule has 0 aromatic heterocycles. The van der Waals surface area contributed by atoms with Crippen molar-refractivity contribution in [2.24, 2.45) is 0 Å². The monoisotopic (exact) mass is 629 g/mol. The van der Waals surface area contributed by atoms with Crippen LogP contribution in [0.1, 0.15) is 130 Å². The van der Waals surface area contributed by atoms with Crippen LogP contribution in [0.25, 0.3) is 0 Å². The molecule has 10 heteroatoms. The summed E-state index contributed by atoms with van der Waals surface area (Å²) in [5, 5.41) is 23.9. The van der Waals surface area contributed by atoms with Gasteiger partial charge in [0.15, 0.2) is 0 Å². The van der Waals surface area contributed by atoms with Crippen LogP contribution in [0.5, 0.6) is 0 Å². The van der Waals surface area contributed by atoms with Crippen molar-refractivity contribution in [1.29, 1.82) is 0 Å². The van der Waals surface area contributed by atoms with Crippen molar-refractivity contribution >= 4 is 28.2 Å². The van der Waals surface area contributed by atoms with Gasteiger partial charge in [0.1, 0.15) is 0 Å². The van der Waals surface area contributed by atoms with E-state index in [1.165, 1.54) is 109 Å². The lowest BCUT2D eigenvalue weighted by Crippen LogP contribution is -1.87. The summed E-state index contributed by atoms with van der Waals surface area (Å²) >= 11 is 0. The zero-order chi connectivity index (χ0) is 33.2. The van der Waals surface area contributed by atoms with Gasteiger partial charge in [-0.2, -0.15) is 0 Å². The second-order valence-electron chi connectivity index (χ2n) is 9.34. The number of unbranched alkanes of at least 4 members (excludes halogenated alkanes) is 15. The molecule has 0 aromatic carbocycles. The minimum Gasteiger partial charge on any atom is -0.501 e. The zero-order valence-corrected chi connectivity index (χ0v) is 28.4. The highest BCUT2D eigenvalue weighted by Gasteiger charge is 1.94. The number of hydrogen-bond acceptors (Lipinski definition) is 6.